The minimum absolute atomic E-state index is 0.130. The van der Waals surface area contributed by atoms with Gasteiger partial charge in [-0.1, -0.05) is 31.2 Å². The van der Waals surface area contributed by atoms with Crippen molar-refractivity contribution in [1.29, 1.82) is 0 Å². The zero-order valence-corrected chi connectivity index (χ0v) is 22.3. The maximum absolute atomic E-state index is 13.1. The van der Waals surface area contributed by atoms with Gasteiger partial charge in [0.05, 0.1) is 23.3 Å². The Labute approximate surface area is 225 Å². The number of esters is 1. The molecule has 1 heterocycles. The van der Waals surface area contributed by atoms with Gasteiger partial charge in [0.1, 0.15) is 5.75 Å². The number of benzene rings is 3. The number of anilines is 2. The number of pyridine rings is 1. The fourth-order valence-corrected chi connectivity index (χ4v) is 4.94. The van der Waals surface area contributed by atoms with Crippen LogP contribution in [0.25, 0.3) is 10.9 Å². The second-order valence-electron chi connectivity index (χ2n) is 8.65. The molecule has 0 aliphatic heterocycles. The van der Waals surface area contributed by atoms with E-state index in [0.29, 0.717) is 11.4 Å². The molecule has 10 nitrogen and oxygen atoms in total. The molecule has 1 aromatic heterocycles. The molecule has 11 heteroatoms. The lowest BCUT2D eigenvalue weighted by Crippen LogP contribution is -2.30. The number of hydrogen-bond acceptors (Lipinski definition) is 7. The highest BCUT2D eigenvalue weighted by Gasteiger charge is 2.23. The lowest BCUT2D eigenvalue weighted by atomic mass is 10.1. The van der Waals surface area contributed by atoms with Gasteiger partial charge < -0.3 is 19.8 Å². The van der Waals surface area contributed by atoms with Gasteiger partial charge in [0.15, 0.2) is 6.10 Å². The summed E-state index contributed by atoms with van der Waals surface area (Å²) in [7, 11) is -2.69. The average Bonchev–Trinajstić information content (AvgIpc) is 2.92. The first kappa shape index (κ1) is 27.4. The van der Waals surface area contributed by atoms with Crippen LogP contribution in [0.1, 0.15) is 29.8 Å². The third kappa shape index (κ3) is 6.27. The molecule has 3 aromatic carbocycles. The van der Waals surface area contributed by atoms with Crippen molar-refractivity contribution in [3.63, 3.8) is 0 Å². The molecule has 0 saturated carbocycles. The van der Waals surface area contributed by atoms with Crippen molar-refractivity contribution in [2.45, 2.75) is 31.3 Å². The normalized spacial score (nSPS) is 12.0. The zero-order valence-electron chi connectivity index (χ0n) is 21.5. The second kappa shape index (κ2) is 11.4. The van der Waals surface area contributed by atoms with Gasteiger partial charge in [0.25, 0.3) is 15.9 Å². The minimum Gasteiger partial charge on any atom is -0.495 e. The Kier molecular flexibility index (Phi) is 8.01. The summed E-state index contributed by atoms with van der Waals surface area (Å²) in [6, 6.07) is 18.7. The Morgan fingerprint density at radius 3 is 2.41 bits per heavy atom. The summed E-state index contributed by atoms with van der Waals surface area (Å²) in [5.74, 6) is -1.20. The number of aromatic nitrogens is 1. The lowest BCUT2D eigenvalue weighted by molar-refractivity contribution is -0.123. The minimum atomic E-state index is -4.10. The molecule has 1 unspecified atom stereocenters. The fraction of sp³-hybridized carbons (Fsp3) is 0.179. The second-order valence-corrected chi connectivity index (χ2v) is 10.3. The summed E-state index contributed by atoms with van der Waals surface area (Å²) in [6.45, 7) is 3.42. The Balaban J connectivity index is 1.59. The predicted molar refractivity (Wildman–Crippen MR) is 148 cm³/mol. The summed E-state index contributed by atoms with van der Waals surface area (Å²) >= 11 is 0. The van der Waals surface area contributed by atoms with Gasteiger partial charge in [0, 0.05) is 22.7 Å². The summed E-state index contributed by atoms with van der Waals surface area (Å²) < 4.78 is 39.3. The summed E-state index contributed by atoms with van der Waals surface area (Å²) in [4.78, 5) is 40.3. The highest BCUT2D eigenvalue weighted by molar-refractivity contribution is 7.92. The molecule has 0 aliphatic carbocycles. The number of sulfonamides is 1. The number of carbonyl (C=O) groups is 2. The van der Waals surface area contributed by atoms with E-state index in [0.717, 1.165) is 18.1 Å². The van der Waals surface area contributed by atoms with Crippen LogP contribution in [-0.4, -0.2) is 38.5 Å². The third-order valence-corrected chi connectivity index (χ3v) is 7.34. The SMILES string of the molecule is CCc1ccc(NC(=O)C(C)OC(=O)c2cc(=O)[nH]c3ccc(S(=O)(=O)Nc4ccccc4OC)cc23)cc1. The first-order valence-corrected chi connectivity index (χ1v) is 13.5. The Morgan fingerprint density at radius 2 is 1.72 bits per heavy atom. The molecule has 202 valence electrons. The van der Waals surface area contributed by atoms with Gasteiger partial charge in [-0.05, 0) is 61.4 Å². The molecule has 4 aromatic rings. The van der Waals surface area contributed by atoms with Crippen LogP contribution in [-0.2, 0) is 26.0 Å². The van der Waals surface area contributed by atoms with Crippen molar-refractivity contribution >= 4 is 44.2 Å². The van der Waals surface area contributed by atoms with E-state index in [9.17, 15) is 22.8 Å². The number of nitrogens with one attached hydrogen (secondary N) is 3. The number of ether oxygens (including phenoxy) is 2. The van der Waals surface area contributed by atoms with Crippen molar-refractivity contribution in [2.24, 2.45) is 0 Å². The third-order valence-electron chi connectivity index (χ3n) is 5.98. The zero-order chi connectivity index (χ0) is 28.2. The maximum atomic E-state index is 13.1. The number of amides is 1. The van der Waals surface area contributed by atoms with E-state index in [1.54, 1.807) is 36.4 Å². The van der Waals surface area contributed by atoms with Crippen LogP contribution in [0.3, 0.4) is 0 Å². The molecule has 4 rings (SSSR count). The number of H-pyrrole nitrogens is 1. The quantitative estimate of drug-likeness (QED) is 0.267. The number of para-hydroxylation sites is 2. The molecule has 0 radical (unpaired) electrons. The molecular weight excluding hydrogens is 522 g/mol. The molecule has 39 heavy (non-hydrogen) atoms. The Bertz CT molecular complexity index is 1700. The molecule has 1 amide bonds. The number of fused-ring (bicyclic) bond motifs is 1. The monoisotopic (exact) mass is 549 g/mol. The molecule has 0 aliphatic rings. The molecule has 3 N–H and O–H groups in total. The molecule has 0 saturated heterocycles. The first-order chi connectivity index (χ1) is 18.6. The number of rotatable bonds is 9. The van der Waals surface area contributed by atoms with Crippen molar-refractivity contribution < 1.29 is 27.5 Å². The highest BCUT2D eigenvalue weighted by Crippen LogP contribution is 2.28. The van der Waals surface area contributed by atoms with Crippen LogP contribution in [0, 0.1) is 0 Å². The van der Waals surface area contributed by atoms with Crippen molar-refractivity contribution in [3.8, 4) is 5.75 Å². The van der Waals surface area contributed by atoms with E-state index < -0.39 is 33.6 Å². The summed E-state index contributed by atoms with van der Waals surface area (Å²) in [5, 5.41) is 2.81. The predicted octanol–water partition coefficient (Wildman–Crippen LogP) is 4.08. The summed E-state index contributed by atoms with van der Waals surface area (Å²) in [5.41, 5.74) is 1.32. The van der Waals surface area contributed by atoms with Crippen LogP contribution in [0.2, 0.25) is 0 Å². The molecule has 1 atom stereocenters. The number of aromatic amines is 1. The molecular formula is C28H27N3O7S. The van der Waals surface area contributed by atoms with Gasteiger partial charge in [-0.25, -0.2) is 13.2 Å². The van der Waals surface area contributed by atoms with Crippen molar-refractivity contribution in [1.82, 2.24) is 4.98 Å². The molecule has 0 spiro atoms. The highest BCUT2D eigenvalue weighted by atomic mass is 32.2. The number of carbonyl (C=O) groups excluding carboxylic acids is 2. The van der Waals surface area contributed by atoms with E-state index >= 15 is 0 Å². The topological polar surface area (TPSA) is 144 Å². The lowest BCUT2D eigenvalue weighted by Gasteiger charge is -2.15. The van der Waals surface area contributed by atoms with Gasteiger partial charge in [-0.2, -0.15) is 0 Å². The van der Waals surface area contributed by atoms with E-state index in [2.05, 4.69) is 15.0 Å². The largest absolute Gasteiger partial charge is 0.495 e. The van der Waals surface area contributed by atoms with Crippen molar-refractivity contribution in [2.75, 3.05) is 17.1 Å². The Morgan fingerprint density at radius 1 is 1.00 bits per heavy atom. The summed E-state index contributed by atoms with van der Waals surface area (Å²) in [6.07, 6.45) is -0.344. The van der Waals surface area contributed by atoms with Crippen LogP contribution < -0.4 is 20.3 Å². The van der Waals surface area contributed by atoms with E-state index in [1.165, 1.54) is 32.2 Å². The first-order valence-electron chi connectivity index (χ1n) is 12.0. The fourth-order valence-electron chi connectivity index (χ4n) is 3.85. The maximum Gasteiger partial charge on any atom is 0.339 e. The van der Waals surface area contributed by atoms with Crippen molar-refractivity contribution in [3.05, 3.63) is 94.3 Å². The smallest absolute Gasteiger partial charge is 0.339 e. The van der Waals surface area contributed by atoms with Gasteiger partial charge >= 0.3 is 5.97 Å². The molecule has 0 bridgehead atoms. The van der Waals surface area contributed by atoms with Gasteiger partial charge in [0.2, 0.25) is 5.56 Å². The van der Waals surface area contributed by atoms with Crippen LogP contribution in [0.15, 0.2) is 82.5 Å². The Hall–Kier alpha value is -4.64. The number of methoxy groups -OCH3 is 1. The van der Waals surface area contributed by atoms with Gasteiger partial charge in [-0.3, -0.25) is 14.3 Å². The average molecular weight is 550 g/mol. The van der Waals surface area contributed by atoms with E-state index in [1.807, 2.05) is 19.1 Å². The van der Waals surface area contributed by atoms with Gasteiger partial charge in [-0.15, -0.1) is 0 Å². The number of aryl methyl sites for hydroxylation is 1. The van der Waals surface area contributed by atoms with Crippen LogP contribution in [0.4, 0.5) is 11.4 Å². The van der Waals surface area contributed by atoms with Crippen LogP contribution >= 0.6 is 0 Å². The number of hydrogen-bond donors (Lipinski definition) is 3. The van der Waals surface area contributed by atoms with E-state index in [-0.39, 0.29) is 27.0 Å². The molecule has 0 fully saturated rings. The standard InChI is InChI=1S/C28H27N3O7S/c1-4-18-9-11-19(12-10-18)29-27(33)17(2)38-28(34)22-16-26(32)30-23-14-13-20(15-21(22)23)39(35,36)31-24-7-5-6-8-25(24)37-3/h5-17,31H,4H2,1-3H3,(H,29,33)(H,30,32). The van der Waals surface area contributed by atoms with Crippen LogP contribution in [0.5, 0.6) is 5.75 Å². The van der Waals surface area contributed by atoms with E-state index in [4.69, 9.17) is 9.47 Å².